The lowest BCUT2D eigenvalue weighted by molar-refractivity contribution is -0.134. The zero-order valence-corrected chi connectivity index (χ0v) is 16.3. The highest BCUT2D eigenvalue weighted by atomic mass is 32.1. The first-order valence-corrected chi connectivity index (χ1v) is 9.44. The lowest BCUT2D eigenvalue weighted by Crippen LogP contribution is -2.17. The molecule has 7 nitrogen and oxygen atoms in total. The van der Waals surface area contributed by atoms with Crippen molar-refractivity contribution in [2.75, 3.05) is 5.32 Å². The summed E-state index contributed by atoms with van der Waals surface area (Å²) in [5, 5.41) is 12.7. The predicted octanol–water partition coefficient (Wildman–Crippen LogP) is 3.30. The number of alkyl halides is 3. The highest BCUT2D eigenvalue weighted by Gasteiger charge is 2.38. The molecule has 154 valence electrons. The molecule has 0 fully saturated rings. The summed E-state index contributed by atoms with van der Waals surface area (Å²) in [6.45, 7) is 3.17. The summed E-state index contributed by atoms with van der Waals surface area (Å²) in [6, 6.07) is 3.22. The second-order valence-corrected chi connectivity index (χ2v) is 7.57. The van der Waals surface area contributed by atoms with Gasteiger partial charge in [-0.1, -0.05) is 6.07 Å². The van der Waals surface area contributed by atoms with Gasteiger partial charge in [0.2, 0.25) is 5.95 Å². The number of rotatable bonds is 6. The Bertz CT molecular complexity index is 1040. The number of thiophene rings is 1. The van der Waals surface area contributed by atoms with Gasteiger partial charge in [-0.3, -0.25) is 9.78 Å². The fourth-order valence-corrected chi connectivity index (χ4v) is 4.01. The van der Waals surface area contributed by atoms with E-state index in [1.807, 2.05) is 6.07 Å². The molecule has 4 N–H and O–H groups in total. The van der Waals surface area contributed by atoms with Gasteiger partial charge >= 0.3 is 6.18 Å². The number of pyridine rings is 1. The number of aliphatic hydroxyl groups excluding tert-OH is 1. The van der Waals surface area contributed by atoms with E-state index in [1.165, 1.54) is 6.92 Å². The number of nitrogens with one attached hydrogen (secondary N) is 1. The Hall–Kier alpha value is -2.79. The Balaban J connectivity index is 2.16. The summed E-state index contributed by atoms with van der Waals surface area (Å²) in [5.74, 6) is -1.01. The van der Waals surface area contributed by atoms with Gasteiger partial charge in [-0.25, -0.2) is 9.97 Å². The van der Waals surface area contributed by atoms with Crippen molar-refractivity contribution in [3.63, 3.8) is 0 Å². The number of aliphatic hydroxyl groups is 1. The van der Waals surface area contributed by atoms with Gasteiger partial charge in [0, 0.05) is 24.4 Å². The van der Waals surface area contributed by atoms with Gasteiger partial charge in [0.25, 0.3) is 5.91 Å². The number of fused-ring (bicyclic) bond motifs is 1. The van der Waals surface area contributed by atoms with Gasteiger partial charge in [0.15, 0.2) is 5.69 Å². The van der Waals surface area contributed by atoms with Crippen molar-refractivity contribution >= 4 is 33.4 Å². The number of anilines is 1. The number of amides is 1. The minimum absolute atomic E-state index is 0.0407. The fourth-order valence-electron chi connectivity index (χ4n) is 2.88. The first-order valence-electron chi connectivity index (χ1n) is 8.62. The largest absolute Gasteiger partial charge is 0.425 e. The van der Waals surface area contributed by atoms with E-state index >= 15 is 0 Å². The Morgan fingerprint density at radius 2 is 2.07 bits per heavy atom. The first-order chi connectivity index (χ1) is 13.6. The maximum atomic E-state index is 13.5. The van der Waals surface area contributed by atoms with Gasteiger partial charge in [-0.15, -0.1) is 11.3 Å². The number of carbonyl (C=O) groups is 1. The maximum Gasteiger partial charge on any atom is 0.425 e. The van der Waals surface area contributed by atoms with Crippen LogP contribution in [0, 0.1) is 0 Å². The molecule has 0 radical (unpaired) electrons. The van der Waals surface area contributed by atoms with Gasteiger partial charge in [0.05, 0.1) is 22.4 Å². The van der Waals surface area contributed by atoms with Crippen molar-refractivity contribution in [1.82, 2.24) is 15.0 Å². The van der Waals surface area contributed by atoms with Gasteiger partial charge in [-0.2, -0.15) is 13.2 Å². The second kappa shape index (κ2) is 7.91. The third-order valence-corrected chi connectivity index (χ3v) is 5.42. The number of hydrogen-bond donors (Lipinski definition) is 3. The average Bonchev–Trinajstić information content (AvgIpc) is 3.00. The predicted molar refractivity (Wildman–Crippen MR) is 103 cm³/mol. The highest BCUT2D eigenvalue weighted by Crippen LogP contribution is 2.43. The first kappa shape index (κ1) is 20.9. The quantitative estimate of drug-likeness (QED) is 0.558. The third kappa shape index (κ3) is 4.46. The minimum Gasteiger partial charge on any atom is -0.393 e. The van der Waals surface area contributed by atoms with Crippen LogP contribution in [0.2, 0.25) is 0 Å². The molecule has 3 heterocycles. The molecule has 3 aromatic rings. The molecule has 0 aliphatic carbocycles. The SMILES string of the molecule is C[C@H](Nc1nc(C(N)=O)c2sc(C(F)(F)F)c(C[C@@H](C)O)c2n1)c1cccnc1. The molecule has 2 atom stereocenters. The number of nitrogens with two attached hydrogens (primary N) is 1. The third-order valence-electron chi connectivity index (χ3n) is 4.15. The molecule has 3 aromatic heterocycles. The molecule has 0 aliphatic heterocycles. The highest BCUT2D eigenvalue weighted by molar-refractivity contribution is 7.19. The van der Waals surface area contributed by atoms with E-state index in [4.69, 9.17) is 5.73 Å². The van der Waals surface area contributed by atoms with Crippen LogP contribution in [0.15, 0.2) is 24.5 Å². The molecule has 29 heavy (non-hydrogen) atoms. The number of nitrogens with zero attached hydrogens (tertiary/aromatic N) is 3. The van der Waals surface area contributed by atoms with Crippen molar-refractivity contribution in [2.45, 2.75) is 38.6 Å². The molecular weight excluding hydrogens is 407 g/mol. The minimum atomic E-state index is -4.67. The zero-order chi connectivity index (χ0) is 21.3. The van der Waals surface area contributed by atoms with Crippen LogP contribution < -0.4 is 11.1 Å². The van der Waals surface area contributed by atoms with Crippen LogP contribution in [0.25, 0.3) is 10.2 Å². The van der Waals surface area contributed by atoms with Crippen molar-refractivity contribution < 1.29 is 23.1 Å². The molecule has 0 unspecified atom stereocenters. The van der Waals surface area contributed by atoms with Crippen molar-refractivity contribution in [3.05, 3.63) is 46.2 Å². The van der Waals surface area contributed by atoms with Crippen LogP contribution in [0.5, 0.6) is 0 Å². The molecule has 0 bridgehead atoms. The van der Waals surface area contributed by atoms with Crippen LogP contribution >= 0.6 is 11.3 Å². The molecule has 1 amide bonds. The number of hydrogen-bond acceptors (Lipinski definition) is 7. The lowest BCUT2D eigenvalue weighted by Gasteiger charge is -2.15. The molecular formula is C18H18F3N5O2S. The summed E-state index contributed by atoms with van der Waals surface area (Å²) in [4.78, 5) is 23.2. The second-order valence-electron chi connectivity index (χ2n) is 6.55. The average molecular weight is 425 g/mol. The van der Waals surface area contributed by atoms with Gasteiger partial charge < -0.3 is 16.2 Å². The van der Waals surface area contributed by atoms with Crippen molar-refractivity contribution in [3.8, 4) is 0 Å². The van der Waals surface area contributed by atoms with E-state index in [-0.39, 0.29) is 39.9 Å². The Labute approximate surface area is 167 Å². The smallest absolute Gasteiger partial charge is 0.393 e. The topological polar surface area (TPSA) is 114 Å². The van der Waals surface area contributed by atoms with E-state index < -0.39 is 23.1 Å². The van der Waals surface area contributed by atoms with Crippen molar-refractivity contribution in [1.29, 1.82) is 0 Å². The van der Waals surface area contributed by atoms with E-state index in [0.29, 0.717) is 11.3 Å². The summed E-state index contributed by atoms with van der Waals surface area (Å²) in [5.41, 5.74) is 5.63. The van der Waals surface area contributed by atoms with Crippen LogP contribution in [0.4, 0.5) is 19.1 Å². The standard InChI is InChI=1S/C18H18F3N5O2S/c1-8(27)6-11-12-14(29-15(11)18(19,20)21)13(16(22)28)26-17(25-12)24-9(2)10-4-3-5-23-7-10/h3-5,7-9,27H,6H2,1-2H3,(H2,22,28)(H,24,25,26)/t8-,9+/m1/s1. The molecule has 3 rings (SSSR count). The molecule has 0 spiro atoms. The van der Waals surface area contributed by atoms with E-state index in [1.54, 1.807) is 25.4 Å². The number of aromatic nitrogens is 3. The number of primary amides is 1. The Morgan fingerprint density at radius 1 is 1.34 bits per heavy atom. The summed E-state index contributed by atoms with van der Waals surface area (Å²) in [6.07, 6.45) is -2.75. The number of halogens is 3. The Kier molecular flexibility index (Phi) is 5.71. The van der Waals surface area contributed by atoms with Crippen LogP contribution in [-0.2, 0) is 12.6 Å². The lowest BCUT2D eigenvalue weighted by atomic mass is 10.1. The normalized spacial score (nSPS) is 14.0. The monoisotopic (exact) mass is 425 g/mol. The summed E-state index contributed by atoms with van der Waals surface area (Å²) in [7, 11) is 0. The zero-order valence-electron chi connectivity index (χ0n) is 15.5. The van der Waals surface area contributed by atoms with E-state index in [9.17, 15) is 23.1 Å². The molecule has 11 heteroatoms. The molecule has 0 saturated heterocycles. The van der Waals surface area contributed by atoms with E-state index in [2.05, 4.69) is 20.3 Å². The van der Waals surface area contributed by atoms with Crippen LogP contribution in [0.1, 0.15) is 46.4 Å². The summed E-state index contributed by atoms with van der Waals surface area (Å²) >= 11 is 0.352. The fraction of sp³-hybridized carbons (Fsp3) is 0.333. The Morgan fingerprint density at radius 3 is 2.62 bits per heavy atom. The van der Waals surface area contributed by atoms with E-state index in [0.717, 1.165) is 5.56 Å². The summed E-state index contributed by atoms with van der Waals surface area (Å²) < 4.78 is 40.6. The molecule has 0 aliphatic rings. The van der Waals surface area contributed by atoms with Gasteiger partial charge in [-0.05, 0) is 25.5 Å². The number of carbonyl (C=O) groups excluding carboxylic acids is 1. The van der Waals surface area contributed by atoms with Crippen LogP contribution in [0.3, 0.4) is 0 Å². The van der Waals surface area contributed by atoms with Gasteiger partial charge in [0.1, 0.15) is 4.88 Å². The van der Waals surface area contributed by atoms with Crippen LogP contribution in [-0.4, -0.2) is 32.1 Å². The van der Waals surface area contributed by atoms with Crippen molar-refractivity contribution in [2.24, 2.45) is 5.73 Å². The molecule has 0 aromatic carbocycles. The maximum absolute atomic E-state index is 13.5. The molecule has 0 saturated carbocycles.